The molecule has 0 aromatic heterocycles. The summed E-state index contributed by atoms with van der Waals surface area (Å²) >= 11 is 0. The van der Waals surface area contributed by atoms with E-state index in [2.05, 4.69) is 24.1 Å². The fourth-order valence-electron chi connectivity index (χ4n) is 3.45. The van der Waals surface area contributed by atoms with Gasteiger partial charge in [0.25, 0.3) is 0 Å². The van der Waals surface area contributed by atoms with E-state index in [1.807, 2.05) is 0 Å². The van der Waals surface area contributed by atoms with Crippen molar-refractivity contribution in [1.29, 1.82) is 0 Å². The molecule has 1 saturated heterocycles. The molecule has 0 amide bonds. The summed E-state index contributed by atoms with van der Waals surface area (Å²) in [7, 11) is 0. The zero-order valence-corrected chi connectivity index (χ0v) is 17.8. The first-order chi connectivity index (χ1) is 11.3. The second-order valence-electron chi connectivity index (χ2n) is 6.51. The van der Waals surface area contributed by atoms with E-state index in [0.29, 0.717) is 12.2 Å². The molecule has 2 rings (SSSR count). The fourth-order valence-corrected chi connectivity index (χ4v) is 3.45. The summed E-state index contributed by atoms with van der Waals surface area (Å²) in [6.07, 6.45) is 9.34. The molecule has 1 aliphatic heterocycles. The number of piperidine rings is 1. The molecule has 1 heterocycles. The third kappa shape index (κ3) is 7.87. The highest BCUT2D eigenvalue weighted by molar-refractivity contribution is 14.0. The van der Waals surface area contributed by atoms with Crippen LogP contribution in [0.2, 0.25) is 0 Å². The Bertz CT molecular complexity index is 341. The molecule has 6 heteroatoms. The zero-order valence-electron chi connectivity index (χ0n) is 15.5. The predicted octanol–water partition coefficient (Wildman–Crippen LogP) is 3.42. The van der Waals surface area contributed by atoms with E-state index in [9.17, 15) is 0 Å². The minimum Gasteiger partial charge on any atom is -0.378 e. The monoisotopic (exact) mass is 453 g/mol. The Morgan fingerprint density at radius 3 is 2.33 bits per heavy atom. The van der Waals surface area contributed by atoms with Crippen LogP contribution in [0.3, 0.4) is 0 Å². The molecule has 142 valence electrons. The second kappa shape index (κ2) is 13.2. The molecule has 0 spiro atoms. The number of hydrogen-bond donors (Lipinski definition) is 1. The number of guanidine groups is 1. The SMILES string of the molecule is CCNC(=NCCCOC1CCCC1)N1CCC(OCC)CC1.I. The number of nitrogens with zero attached hydrogens (tertiary/aromatic N) is 2. The van der Waals surface area contributed by atoms with Gasteiger partial charge >= 0.3 is 0 Å². The van der Waals surface area contributed by atoms with Crippen LogP contribution in [0, 0.1) is 0 Å². The van der Waals surface area contributed by atoms with Crippen molar-refractivity contribution in [2.24, 2.45) is 4.99 Å². The molecule has 0 atom stereocenters. The summed E-state index contributed by atoms with van der Waals surface area (Å²) in [5.74, 6) is 1.06. The lowest BCUT2D eigenvalue weighted by Gasteiger charge is -2.34. The molecule has 0 bridgehead atoms. The van der Waals surface area contributed by atoms with Crippen LogP contribution >= 0.6 is 24.0 Å². The smallest absolute Gasteiger partial charge is 0.193 e. The van der Waals surface area contributed by atoms with Crippen LogP contribution in [0.15, 0.2) is 4.99 Å². The van der Waals surface area contributed by atoms with Crippen LogP contribution in [-0.4, -0.2) is 62.5 Å². The summed E-state index contributed by atoms with van der Waals surface area (Å²) < 4.78 is 11.6. The van der Waals surface area contributed by atoms with Crippen LogP contribution in [0.25, 0.3) is 0 Å². The van der Waals surface area contributed by atoms with Crippen molar-refractivity contribution in [2.45, 2.75) is 71.0 Å². The average molecular weight is 453 g/mol. The molecule has 0 radical (unpaired) electrons. The Kier molecular flexibility index (Phi) is 12.0. The highest BCUT2D eigenvalue weighted by Gasteiger charge is 2.21. The Morgan fingerprint density at radius 2 is 1.71 bits per heavy atom. The zero-order chi connectivity index (χ0) is 16.3. The van der Waals surface area contributed by atoms with Crippen LogP contribution in [0.5, 0.6) is 0 Å². The number of rotatable bonds is 8. The molecule has 0 unspecified atom stereocenters. The van der Waals surface area contributed by atoms with E-state index in [4.69, 9.17) is 14.5 Å². The van der Waals surface area contributed by atoms with Crippen molar-refractivity contribution in [3.63, 3.8) is 0 Å². The van der Waals surface area contributed by atoms with Gasteiger partial charge in [0.2, 0.25) is 0 Å². The van der Waals surface area contributed by atoms with Gasteiger partial charge in [0, 0.05) is 39.4 Å². The largest absolute Gasteiger partial charge is 0.378 e. The van der Waals surface area contributed by atoms with E-state index in [1.165, 1.54) is 25.7 Å². The maximum atomic E-state index is 5.91. The first kappa shape index (κ1) is 22.0. The normalized spacial score (nSPS) is 20.2. The van der Waals surface area contributed by atoms with Gasteiger partial charge in [-0.2, -0.15) is 0 Å². The molecule has 5 nitrogen and oxygen atoms in total. The van der Waals surface area contributed by atoms with Gasteiger partial charge in [-0.25, -0.2) is 0 Å². The van der Waals surface area contributed by atoms with E-state index in [1.54, 1.807) is 0 Å². The molecule has 24 heavy (non-hydrogen) atoms. The summed E-state index contributed by atoms with van der Waals surface area (Å²) in [5, 5.41) is 3.43. The van der Waals surface area contributed by atoms with Gasteiger partial charge in [-0.1, -0.05) is 12.8 Å². The summed E-state index contributed by atoms with van der Waals surface area (Å²) in [6, 6.07) is 0. The Labute approximate surface area is 165 Å². The first-order valence-electron chi connectivity index (χ1n) is 9.60. The Hall–Kier alpha value is -0.0800. The van der Waals surface area contributed by atoms with E-state index in [0.717, 1.165) is 64.6 Å². The van der Waals surface area contributed by atoms with Crippen LogP contribution in [0.4, 0.5) is 0 Å². The van der Waals surface area contributed by atoms with Crippen molar-refractivity contribution >= 4 is 29.9 Å². The summed E-state index contributed by atoms with van der Waals surface area (Å²) in [5.41, 5.74) is 0. The summed E-state index contributed by atoms with van der Waals surface area (Å²) in [6.45, 7) is 9.71. The molecule has 0 aromatic carbocycles. The summed E-state index contributed by atoms with van der Waals surface area (Å²) in [4.78, 5) is 7.15. The van der Waals surface area contributed by atoms with E-state index < -0.39 is 0 Å². The van der Waals surface area contributed by atoms with Gasteiger partial charge in [-0.15, -0.1) is 24.0 Å². The topological polar surface area (TPSA) is 46.1 Å². The standard InChI is InChI=1S/C18H35N3O2.HI/c1-3-19-18(21-13-10-17(11-14-21)22-4-2)20-12-7-15-23-16-8-5-6-9-16;/h16-17H,3-15H2,1-2H3,(H,19,20);1H. The lowest BCUT2D eigenvalue weighted by molar-refractivity contribution is 0.0263. The molecular weight excluding hydrogens is 417 g/mol. The highest BCUT2D eigenvalue weighted by Crippen LogP contribution is 2.20. The molecule has 1 saturated carbocycles. The molecule has 0 aromatic rings. The van der Waals surface area contributed by atoms with Crippen LogP contribution < -0.4 is 5.32 Å². The molecule has 1 aliphatic carbocycles. The molecular formula is C18H36IN3O2. The van der Waals surface area contributed by atoms with Crippen molar-refractivity contribution in [1.82, 2.24) is 10.2 Å². The van der Waals surface area contributed by atoms with Crippen molar-refractivity contribution in [2.75, 3.05) is 39.4 Å². The van der Waals surface area contributed by atoms with Gasteiger partial charge < -0.3 is 19.7 Å². The van der Waals surface area contributed by atoms with E-state index >= 15 is 0 Å². The number of likely N-dealkylation sites (tertiary alicyclic amines) is 1. The van der Waals surface area contributed by atoms with Gasteiger partial charge in [-0.3, -0.25) is 4.99 Å². The third-order valence-electron chi connectivity index (χ3n) is 4.70. The van der Waals surface area contributed by atoms with Crippen LogP contribution in [0.1, 0.15) is 58.8 Å². The minimum absolute atomic E-state index is 0. The average Bonchev–Trinajstić information content (AvgIpc) is 3.08. The maximum absolute atomic E-state index is 5.91. The Balaban J connectivity index is 0.00000288. The molecule has 2 fully saturated rings. The van der Waals surface area contributed by atoms with Gasteiger partial charge in [-0.05, 0) is 46.0 Å². The number of aliphatic imine (C=N–C) groups is 1. The highest BCUT2D eigenvalue weighted by atomic mass is 127. The Morgan fingerprint density at radius 1 is 1.04 bits per heavy atom. The number of halogens is 1. The lowest BCUT2D eigenvalue weighted by atomic mass is 10.1. The van der Waals surface area contributed by atoms with E-state index in [-0.39, 0.29) is 24.0 Å². The fraction of sp³-hybridized carbons (Fsp3) is 0.944. The lowest BCUT2D eigenvalue weighted by Crippen LogP contribution is -2.47. The van der Waals surface area contributed by atoms with Gasteiger partial charge in [0.1, 0.15) is 0 Å². The van der Waals surface area contributed by atoms with Crippen molar-refractivity contribution < 1.29 is 9.47 Å². The quantitative estimate of drug-likeness (QED) is 0.265. The molecule has 1 N–H and O–H groups in total. The molecule has 2 aliphatic rings. The first-order valence-corrected chi connectivity index (χ1v) is 9.60. The second-order valence-corrected chi connectivity index (χ2v) is 6.51. The number of nitrogens with one attached hydrogen (secondary N) is 1. The van der Waals surface area contributed by atoms with Gasteiger partial charge in [0.15, 0.2) is 5.96 Å². The predicted molar refractivity (Wildman–Crippen MR) is 110 cm³/mol. The minimum atomic E-state index is 0. The van der Waals surface area contributed by atoms with Gasteiger partial charge in [0.05, 0.1) is 12.2 Å². The van der Waals surface area contributed by atoms with Crippen molar-refractivity contribution in [3.05, 3.63) is 0 Å². The number of hydrogen-bond acceptors (Lipinski definition) is 3. The third-order valence-corrected chi connectivity index (χ3v) is 4.70. The van der Waals surface area contributed by atoms with Crippen molar-refractivity contribution in [3.8, 4) is 0 Å². The maximum Gasteiger partial charge on any atom is 0.193 e. The van der Waals surface area contributed by atoms with Crippen LogP contribution in [-0.2, 0) is 9.47 Å². The number of ether oxygens (including phenoxy) is 2.